The number of nitrogens with two attached hydrogens (primary N) is 1. The Hall–Kier alpha value is -3.28. The smallest absolute Gasteiger partial charge is 0.387 e. The minimum Gasteiger partial charge on any atom is -0.433 e. The van der Waals surface area contributed by atoms with Gasteiger partial charge in [-0.15, -0.1) is 0 Å². The molecule has 152 valence electrons. The summed E-state index contributed by atoms with van der Waals surface area (Å²) in [4.78, 5) is 47.9. The highest BCUT2D eigenvalue weighted by atomic mass is 19.3. The predicted octanol–water partition coefficient (Wildman–Crippen LogP) is -0.420. The van der Waals surface area contributed by atoms with Gasteiger partial charge in [0.1, 0.15) is 6.61 Å². The van der Waals surface area contributed by atoms with E-state index in [1.165, 1.54) is 17.0 Å². The first-order valence-electron chi connectivity index (χ1n) is 8.03. The number of anilines is 2. The number of benzene rings is 1. The van der Waals surface area contributed by atoms with Crippen LogP contribution in [0.5, 0.6) is 5.75 Å². The van der Waals surface area contributed by atoms with Crippen molar-refractivity contribution in [3.8, 4) is 5.75 Å². The molecule has 0 bridgehead atoms. The average Bonchev–Trinajstić information content (AvgIpc) is 2.60. The quantitative estimate of drug-likeness (QED) is 0.531. The molecule has 12 heteroatoms. The summed E-state index contributed by atoms with van der Waals surface area (Å²) >= 11 is 0. The highest BCUT2D eigenvalue weighted by molar-refractivity contribution is 6.11. The number of hydrogen-bond acceptors (Lipinski definition) is 6. The van der Waals surface area contributed by atoms with Crippen LogP contribution in [0.1, 0.15) is 6.92 Å². The number of morpholine rings is 1. The number of halogens is 2. The Morgan fingerprint density at radius 3 is 2.61 bits per heavy atom. The van der Waals surface area contributed by atoms with Crippen LogP contribution < -0.4 is 26.0 Å². The van der Waals surface area contributed by atoms with Crippen LogP contribution in [-0.2, 0) is 23.9 Å². The summed E-state index contributed by atoms with van der Waals surface area (Å²) in [5.41, 5.74) is 5.13. The zero-order valence-electron chi connectivity index (χ0n) is 14.7. The molecule has 1 atom stereocenters. The van der Waals surface area contributed by atoms with Gasteiger partial charge in [0.2, 0.25) is 11.8 Å². The van der Waals surface area contributed by atoms with Crippen molar-refractivity contribution >= 4 is 35.0 Å². The van der Waals surface area contributed by atoms with Gasteiger partial charge in [-0.05, 0) is 12.1 Å². The Kier molecular flexibility index (Phi) is 6.82. The van der Waals surface area contributed by atoms with Crippen LogP contribution in [-0.4, -0.2) is 56.0 Å². The Morgan fingerprint density at radius 1 is 1.32 bits per heavy atom. The van der Waals surface area contributed by atoms with E-state index >= 15 is 0 Å². The van der Waals surface area contributed by atoms with Crippen molar-refractivity contribution in [3.05, 3.63) is 18.2 Å². The number of primary amides is 1. The molecule has 0 saturated carbocycles. The Bertz CT molecular complexity index is 788. The van der Waals surface area contributed by atoms with Crippen molar-refractivity contribution in [3.63, 3.8) is 0 Å². The number of carbonyl (C=O) groups excluding carboxylic acids is 4. The highest BCUT2D eigenvalue weighted by Gasteiger charge is 2.27. The van der Waals surface area contributed by atoms with Gasteiger partial charge in [-0.1, -0.05) is 0 Å². The molecular formula is C16H18F2N4O6. The first-order chi connectivity index (χ1) is 13.2. The summed E-state index contributed by atoms with van der Waals surface area (Å²) < 4.78 is 35.0. The lowest BCUT2D eigenvalue weighted by Gasteiger charge is -2.27. The Morgan fingerprint density at radius 2 is 2.04 bits per heavy atom. The number of nitrogens with one attached hydrogen (secondary N) is 2. The van der Waals surface area contributed by atoms with E-state index in [0.29, 0.717) is 0 Å². The van der Waals surface area contributed by atoms with Crippen molar-refractivity contribution in [1.29, 1.82) is 0 Å². The fraction of sp³-hybridized carbons (Fsp3) is 0.375. The fourth-order valence-electron chi connectivity index (χ4n) is 2.44. The molecule has 1 aliphatic rings. The van der Waals surface area contributed by atoms with Crippen LogP contribution in [0.15, 0.2) is 18.2 Å². The second-order valence-corrected chi connectivity index (χ2v) is 5.68. The lowest BCUT2D eigenvalue weighted by atomic mass is 10.2. The van der Waals surface area contributed by atoms with Crippen molar-refractivity contribution in [2.75, 3.05) is 30.0 Å². The molecule has 1 aliphatic heterocycles. The molecule has 10 nitrogen and oxygen atoms in total. The van der Waals surface area contributed by atoms with Crippen LogP contribution in [0.4, 0.5) is 20.2 Å². The molecule has 1 aromatic carbocycles. The molecule has 1 fully saturated rings. The molecule has 28 heavy (non-hydrogen) atoms. The third-order valence-corrected chi connectivity index (χ3v) is 3.63. The SMILES string of the molecule is CC(=O)N[C@@H](C(N)=O)C(=O)Nc1ccc(N2CCOCC2=O)cc1OC(F)F. The van der Waals surface area contributed by atoms with E-state index in [1.807, 2.05) is 5.32 Å². The topological polar surface area (TPSA) is 140 Å². The maximum Gasteiger partial charge on any atom is 0.387 e. The number of rotatable bonds is 7. The van der Waals surface area contributed by atoms with Crippen molar-refractivity contribution < 1.29 is 37.4 Å². The summed E-state index contributed by atoms with van der Waals surface area (Å²) in [5.74, 6) is -3.68. The summed E-state index contributed by atoms with van der Waals surface area (Å²) in [7, 11) is 0. The lowest BCUT2D eigenvalue weighted by Crippen LogP contribution is -2.51. The molecule has 1 heterocycles. The maximum absolute atomic E-state index is 12.8. The molecule has 0 aliphatic carbocycles. The second kappa shape index (κ2) is 9.08. The monoisotopic (exact) mass is 400 g/mol. The van der Waals surface area contributed by atoms with Gasteiger partial charge in [0.15, 0.2) is 11.8 Å². The molecule has 0 radical (unpaired) electrons. The summed E-state index contributed by atoms with van der Waals surface area (Å²) in [6.07, 6.45) is 0. The van der Waals surface area contributed by atoms with Gasteiger partial charge in [-0.3, -0.25) is 19.2 Å². The standard InChI is InChI=1S/C16H18F2N4O6/c1-8(23)20-13(14(19)25)15(26)21-10-3-2-9(6-11(10)28-16(17)18)22-4-5-27-7-12(22)24/h2-3,6,13,16H,4-5,7H2,1H3,(H2,19,25)(H,20,23)(H,21,26)/t13-/m0/s1. The van der Waals surface area contributed by atoms with E-state index in [1.54, 1.807) is 0 Å². The van der Waals surface area contributed by atoms with E-state index in [9.17, 15) is 28.0 Å². The molecule has 1 aromatic rings. The van der Waals surface area contributed by atoms with Gasteiger partial charge in [-0.25, -0.2) is 0 Å². The van der Waals surface area contributed by atoms with E-state index in [0.717, 1.165) is 13.0 Å². The van der Waals surface area contributed by atoms with Crippen LogP contribution in [0.2, 0.25) is 0 Å². The van der Waals surface area contributed by atoms with Gasteiger partial charge in [-0.2, -0.15) is 8.78 Å². The normalized spacial score (nSPS) is 15.1. The number of alkyl halides is 2. The second-order valence-electron chi connectivity index (χ2n) is 5.68. The lowest BCUT2D eigenvalue weighted by molar-refractivity contribution is -0.132. The van der Waals surface area contributed by atoms with E-state index < -0.39 is 36.1 Å². The molecule has 4 amide bonds. The number of carbonyl (C=O) groups is 4. The number of hydrogen-bond donors (Lipinski definition) is 3. The first kappa shape index (κ1) is 21.0. The molecule has 4 N–H and O–H groups in total. The molecule has 0 aromatic heterocycles. The zero-order chi connectivity index (χ0) is 20.8. The Labute approximate surface area is 157 Å². The number of amides is 4. The zero-order valence-corrected chi connectivity index (χ0v) is 14.7. The van der Waals surface area contributed by atoms with Gasteiger partial charge < -0.3 is 30.7 Å². The molecule has 0 spiro atoms. The fourth-order valence-corrected chi connectivity index (χ4v) is 2.44. The van der Waals surface area contributed by atoms with Crippen molar-refractivity contribution in [2.24, 2.45) is 5.73 Å². The van der Waals surface area contributed by atoms with E-state index in [-0.39, 0.29) is 37.0 Å². The summed E-state index contributed by atoms with van der Waals surface area (Å²) in [5, 5.41) is 4.25. The van der Waals surface area contributed by atoms with E-state index in [4.69, 9.17) is 10.5 Å². The van der Waals surface area contributed by atoms with E-state index in [2.05, 4.69) is 10.1 Å². The Balaban J connectivity index is 2.29. The highest BCUT2D eigenvalue weighted by Crippen LogP contribution is 2.32. The largest absolute Gasteiger partial charge is 0.433 e. The van der Waals surface area contributed by atoms with Crippen LogP contribution in [0, 0.1) is 0 Å². The minimum atomic E-state index is -3.21. The van der Waals surface area contributed by atoms with Gasteiger partial charge >= 0.3 is 6.61 Å². The third kappa shape index (κ3) is 5.36. The molecule has 0 unspecified atom stereocenters. The van der Waals surface area contributed by atoms with Crippen LogP contribution in [0.3, 0.4) is 0 Å². The van der Waals surface area contributed by atoms with Crippen LogP contribution in [0.25, 0.3) is 0 Å². The van der Waals surface area contributed by atoms with Crippen molar-refractivity contribution in [1.82, 2.24) is 5.32 Å². The number of nitrogens with zero attached hydrogens (tertiary/aromatic N) is 1. The first-order valence-corrected chi connectivity index (χ1v) is 8.03. The minimum absolute atomic E-state index is 0.152. The predicted molar refractivity (Wildman–Crippen MR) is 91.7 cm³/mol. The number of ether oxygens (including phenoxy) is 2. The molecule has 1 saturated heterocycles. The maximum atomic E-state index is 12.8. The van der Waals surface area contributed by atoms with Gasteiger partial charge in [0.05, 0.1) is 12.3 Å². The van der Waals surface area contributed by atoms with Crippen molar-refractivity contribution in [2.45, 2.75) is 19.6 Å². The third-order valence-electron chi connectivity index (χ3n) is 3.63. The average molecular weight is 400 g/mol. The van der Waals surface area contributed by atoms with Crippen LogP contribution >= 0.6 is 0 Å². The molecular weight excluding hydrogens is 382 g/mol. The van der Waals surface area contributed by atoms with Gasteiger partial charge in [0, 0.05) is 25.2 Å². The summed E-state index contributed by atoms with van der Waals surface area (Å²) in [6, 6.07) is 2.05. The van der Waals surface area contributed by atoms with Gasteiger partial charge in [0.25, 0.3) is 11.8 Å². The molecule has 2 rings (SSSR count). The summed E-state index contributed by atoms with van der Waals surface area (Å²) in [6.45, 7) is -1.81.